The minimum Gasteiger partial charge on any atom is -0.508 e. The highest BCUT2D eigenvalue weighted by Crippen LogP contribution is 2.25. The molecular weight excluding hydrogens is 299 g/mol. The van der Waals surface area contributed by atoms with Gasteiger partial charge in [0.05, 0.1) is 6.61 Å². The molecule has 0 saturated heterocycles. The van der Waals surface area contributed by atoms with Gasteiger partial charge in [0.25, 0.3) is 0 Å². The molecule has 1 atom stereocenters. The second kappa shape index (κ2) is 7.13. The van der Waals surface area contributed by atoms with Gasteiger partial charge in [0, 0.05) is 6.42 Å². The van der Waals surface area contributed by atoms with Crippen molar-refractivity contribution in [3.05, 3.63) is 59.9 Å². The first-order chi connectivity index (χ1) is 10.9. The Balaban J connectivity index is 2.25. The number of halogens is 1. The summed E-state index contributed by atoms with van der Waals surface area (Å²) in [6.07, 6.45) is 0.253. The number of carbonyl (C=O) groups is 1. The number of phenols is 1. The number of aromatic hydroxyl groups is 1. The monoisotopic (exact) mass is 318 g/mol. The average molecular weight is 318 g/mol. The topological polar surface area (TPSA) is 55.8 Å². The fourth-order valence-corrected chi connectivity index (χ4v) is 2.20. The molecular formula is C18H19FO4. The van der Waals surface area contributed by atoms with E-state index in [0.717, 1.165) is 5.56 Å². The van der Waals surface area contributed by atoms with Gasteiger partial charge in [-0.3, -0.25) is 0 Å². The smallest absolute Gasteiger partial charge is 0.350 e. The van der Waals surface area contributed by atoms with Gasteiger partial charge in [-0.05, 0) is 55.8 Å². The van der Waals surface area contributed by atoms with Gasteiger partial charge in [-0.25, -0.2) is 9.18 Å². The van der Waals surface area contributed by atoms with Crippen molar-refractivity contribution in [3.63, 3.8) is 0 Å². The van der Waals surface area contributed by atoms with Crippen LogP contribution in [-0.2, 0) is 16.0 Å². The van der Waals surface area contributed by atoms with E-state index in [1.807, 2.05) is 0 Å². The quantitative estimate of drug-likeness (QED) is 0.829. The van der Waals surface area contributed by atoms with Crippen molar-refractivity contribution in [1.29, 1.82) is 0 Å². The second-order valence-corrected chi connectivity index (χ2v) is 5.35. The summed E-state index contributed by atoms with van der Waals surface area (Å²) in [6, 6.07) is 12.0. The van der Waals surface area contributed by atoms with E-state index in [4.69, 9.17) is 9.47 Å². The Kier molecular flexibility index (Phi) is 5.21. The van der Waals surface area contributed by atoms with Gasteiger partial charge in [0.15, 0.2) is 0 Å². The largest absolute Gasteiger partial charge is 0.508 e. The van der Waals surface area contributed by atoms with Crippen molar-refractivity contribution in [2.75, 3.05) is 6.61 Å². The molecule has 1 unspecified atom stereocenters. The van der Waals surface area contributed by atoms with Gasteiger partial charge in [-0.2, -0.15) is 0 Å². The SMILES string of the molecule is CCOC(=O)C(C)(Cc1ccc(O)cc1)Oc1ccc(F)cc1. The van der Waals surface area contributed by atoms with Gasteiger partial charge in [-0.1, -0.05) is 12.1 Å². The summed E-state index contributed by atoms with van der Waals surface area (Å²) < 4.78 is 23.9. The second-order valence-electron chi connectivity index (χ2n) is 5.35. The van der Waals surface area contributed by atoms with E-state index < -0.39 is 11.6 Å². The Labute approximate surface area is 134 Å². The third kappa shape index (κ3) is 4.45. The third-order valence-corrected chi connectivity index (χ3v) is 3.34. The van der Waals surface area contributed by atoms with Crippen molar-refractivity contribution >= 4 is 5.97 Å². The molecule has 0 saturated carbocycles. The zero-order valence-corrected chi connectivity index (χ0v) is 13.1. The highest BCUT2D eigenvalue weighted by Gasteiger charge is 2.37. The summed E-state index contributed by atoms with van der Waals surface area (Å²) in [5.74, 6) is -0.363. The molecule has 0 amide bonds. The molecule has 2 aromatic carbocycles. The molecule has 0 aliphatic heterocycles. The normalized spacial score (nSPS) is 13.2. The maximum absolute atomic E-state index is 13.0. The van der Waals surface area contributed by atoms with Crippen LogP contribution in [0.5, 0.6) is 11.5 Å². The zero-order valence-electron chi connectivity index (χ0n) is 13.1. The first-order valence-electron chi connectivity index (χ1n) is 7.32. The van der Waals surface area contributed by atoms with Crippen molar-refractivity contribution < 1.29 is 23.8 Å². The molecule has 0 fully saturated rings. The van der Waals surface area contributed by atoms with Gasteiger partial charge in [0.1, 0.15) is 17.3 Å². The van der Waals surface area contributed by atoms with Crippen LogP contribution in [-0.4, -0.2) is 23.3 Å². The summed E-state index contributed by atoms with van der Waals surface area (Å²) >= 11 is 0. The van der Waals surface area contributed by atoms with Crippen molar-refractivity contribution in [2.45, 2.75) is 25.9 Å². The van der Waals surface area contributed by atoms with Crippen LogP contribution in [0.4, 0.5) is 4.39 Å². The first-order valence-corrected chi connectivity index (χ1v) is 7.32. The number of esters is 1. The predicted octanol–water partition coefficient (Wildman–Crippen LogP) is 3.47. The lowest BCUT2D eigenvalue weighted by molar-refractivity contribution is -0.160. The highest BCUT2D eigenvalue weighted by atomic mass is 19.1. The van der Waals surface area contributed by atoms with E-state index in [9.17, 15) is 14.3 Å². The summed E-state index contributed by atoms with van der Waals surface area (Å²) in [5, 5.41) is 9.35. The number of ether oxygens (including phenoxy) is 2. The summed E-state index contributed by atoms with van der Waals surface area (Å²) in [4.78, 5) is 12.3. The fraction of sp³-hybridized carbons (Fsp3) is 0.278. The van der Waals surface area contributed by atoms with E-state index in [2.05, 4.69) is 0 Å². The van der Waals surface area contributed by atoms with Gasteiger partial charge < -0.3 is 14.6 Å². The molecule has 5 heteroatoms. The Morgan fingerprint density at radius 2 is 1.74 bits per heavy atom. The van der Waals surface area contributed by atoms with Crippen LogP contribution in [0.2, 0.25) is 0 Å². The Hall–Kier alpha value is -2.56. The minimum absolute atomic E-state index is 0.144. The van der Waals surface area contributed by atoms with Crippen LogP contribution in [0.15, 0.2) is 48.5 Å². The Morgan fingerprint density at radius 3 is 2.30 bits per heavy atom. The molecule has 4 nitrogen and oxygen atoms in total. The standard InChI is InChI=1S/C18H19FO4/c1-3-22-17(21)18(2,12-13-4-8-15(20)9-5-13)23-16-10-6-14(19)7-11-16/h4-11,20H,3,12H2,1-2H3. The third-order valence-electron chi connectivity index (χ3n) is 3.34. The van der Waals surface area contributed by atoms with Crippen molar-refractivity contribution in [1.82, 2.24) is 0 Å². The van der Waals surface area contributed by atoms with Crippen molar-refractivity contribution in [3.8, 4) is 11.5 Å². The highest BCUT2D eigenvalue weighted by molar-refractivity contribution is 5.80. The lowest BCUT2D eigenvalue weighted by Crippen LogP contribution is -2.45. The average Bonchev–Trinajstić information content (AvgIpc) is 2.52. The van der Waals surface area contributed by atoms with Crippen LogP contribution in [0.3, 0.4) is 0 Å². The van der Waals surface area contributed by atoms with E-state index in [1.165, 1.54) is 24.3 Å². The first kappa shape index (κ1) is 16.8. The molecule has 0 aromatic heterocycles. The van der Waals surface area contributed by atoms with Crippen LogP contribution < -0.4 is 4.74 Å². The number of benzene rings is 2. The van der Waals surface area contributed by atoms with E-state index in [1.54, 1.807) is 38.1 Å². The zero-order chi connectivity index (χ0) is 16.9. The van der Waals surface area contributed by atoms with Crippen LogP contribution in [0.1, 0.15) is 19.4 Å². The van der Waals surface area contributed by atoms with E-state index in [0.29, 0.717) is 5.75 Å². The Morgan fingerprint density at radius 1 is 1.13 bits per heavy atom. The van der Waals surface area contributed by atoms with Crippen molar-refractivity contribution in [2.24, 2.45) is 0 Å². The molecule has 0 bridgehead atoms. The molecule has 2 rings (SSSR count). The maximum atomic E-state index is 13.0. The fourth-order valence-electron chi connectivity index (χ4n) is 2.20. The lowest BCUT2D eigenvalue weighted by Gasteiger charge is -2.28. The number of phenolic OH excluding ortho intramolecular Hbond substituents is 1. The number of hydrogen-bond acceptors (Lipinski definition) is 4. The van der Waals surface area contributed by atoms with Gasteiger partial charge in [-0.15, -0.1) is 0 Å². The molecule has 122 valence electrons. The molecule has 0 spiro atoms. The Bertz CT molecular complexity index is 602. The molecule has 2 aromatic rings. The summed E-state index contributed by atoms with van der Waals surface area (Å²) in [6.45, 7) is 3.58. The molecule has 0 radical (unpaired) electrons. The van der Waals surface area contributed by atoms with Crippen LogP contribution in [0, 0.1) is 5.82 Å². The lowest BCUT2D eigenvalue weighted by atomic mass is 9.96. The van der Waals surface area contributed by atoms with E-state index >= 15 is 0 Å². The van der Waals surface area contributed by atoms with Crippen LogP contribution in [0.25, 0.3) is 0 Å². The molecule has 23 heavy (non-hydrogen) atoms. The summed E-state index contributed by atoms with van der Waals surface area (Å²) in [7, 11) is 0. The predicted molar refractivity (Wildman–Crippen MR) is 83.9 cm³/mol. The number of hydrogen-bond donors (Lipinski definition) is 1. The number of carbonyl (C=O) groups excluding carboxylic acids is 1. The molecule has 0 heterocycles. The minimum atomic E-state index is -1.26. The van der Waals surface area contributed by atoms with Gasteiger partial charge in [0.2, 0.25) is 5.60 Å². The van der Waals surface area contributed by atoms with E-state index in [-0.39, 0.29) is 24.6 Å². The van der Waals surface area contributed by atoms with Crippen LogP contribution >= 0.6 is 0 Å². The molecule has 1 N–H and O–H groups in total. The molecule has 0 aliphatic rings. The maximum Gasteiger partial charge on any atom is 0.350 e. The van der Waals surface area contributed by atoms with Gasteiger partial charge >= 0.3 is 5.97 Å². The molecule has 0 aliphatic carbocycles. The number of rotatable bonds is 6. The summed E-state index contributed by atoms with van der Waals surface area (Å²) in [5.41, 5.74) is -0.453.